The summed E-state index contributed by atoms with van der Waals surface area (Å²) in [7, 11) is 0. The number of aliphatic imine (C=N–C) groups is 2. The van der Waals surface area contributed by atoms with Gasteiger partial charge < -0.3 is 30.4 Å². The van der Waals surface area contributed by atoms with E-state index in [2.05, 4.69) is 20.6 Å². The Morgan fingerprint density at radius 2 is 0.844 bits per heavy atom. The van der Waals surface area contributed by atoms with E-state index in [0.29, 0.717) is 22.8 Å². The van der Waals surface area contributed by atoms with Gasteiger partial charge in [-0.25, -0.2) is 0 Å². The number of aromatic carboxylic acids is 2. The summed E-state index contributed by atoms with van der Waals surface area (Å²) in [5, 5.41) is 27.5. The van der Waals surface area contributed by atoms with E-state index in [1.54, 1.807) is 74.5 Å². The summed E-state index contributed by atoms with van der Waals surface area (Å²) in [6.45, 7) is 3.35. The van der Waals surface area contributed by atoms with Crippen LogP contribution in [0.1, 0.15) is 47.4 Å². The van der Waals surface area contributed by atoms with Crippen molar-refractivity contribution in [2.45, 2.75) is 26.7 Å². The zero-order valence-corrected chi connectivity index (χ0v) is 27.8. The molecule has 0 fully saturated rings. The third-order valence-electron chi connectivity index (χ3n) is 5.82. The van der Waals surface area contributed by atoms with E-state index in [1.807, 2.05) is 36.4 Å². The summed E-state index contributed by atoms with van der Waals surface area (Å²) >= 11 is 0. The van der Waals surface area contributed by atoms with E-state index in [-0.39, 0.29) is 66.6 Å². The Bertz CT molecular complexity index is 1550. The molecule has 0 aliphatic heterocycles. The topological polar surface area (TPSA) is 163 Å². The summed E-state index contributed by atoms with van der Waals surface area (Å²) in [5.41, 5.74) is 3.02. The molecule has 0 aromatic heterocycles. The monoisotopic (exact) mass is 654 g/mol. The van der Waals surface area contributed by atoms with Gasteiger partial charge in [-0.05, 0) is 50.2 Å². The Labute approximate surface area is 273 Å². The zero-order chi connectivity index (χ0) is 31.9. The largest absolute Gasteiger partial charge is 2.00 e. The molecule has 0 aliphatic carbocycles. The van der Waals surface area contributed by atoms with Gasteiger partial charge in [-0.1, -0.05) is 72.8 Å². The van der Waals surface area contributed by atoms with Gasteiger partial charge in [0.15, 0.2) is 0 Å². The Balaban J connectivity index is 0.000000307. The Morgan fingerprint density at radius 1 is 0.533 bits per heavy atom. The maximum absolute atomic E-state index is 11.9. The summed E-state index contributed by atoms with van der Waals surface area (Å²) in [4.78, 5) is 54.2. The summed E-state index contributed by atoms with van der Waals surface area (Å²) in [5.74, 6) is -3.00. The summed E-state index contributed by atoms with van der Waals surface area (Å²) in [6, 6.07) is 30.7. The number of carboxylic acids is 2. The van der Waals surface area contributed by atoms with Gasteiger partial charge in [-0.3, -0.25) is 19.6 Å². The first-order chi connectivity index (χ1) is 21.1. The predicted octanol–water partition coefficient (Wildman–Crippen LogP) is 4.34. The van der Waals surface area contributed by atoms with Crippen molar-refractivity contribution in [3.05, 3.63) is 120 Å². The third kappa shape index (κ3) is 12.5. The average molecular weight is 656 g/mol. The Morgan fingerprint density at radius 3 is 1.18 bits per heavy atom. The van der Waals surface area contributed by atoms with Gasteiger partial charge in [-0.15, -0.1) is 0 Å². The number of carbonyl (C=O) groups excluding carboxylic acids is 4. The van der Waals surface area contributed by atoms with E-state index < -0.39 is 11.9 Å². The standard InChI is InChI=1S/2C17H16N2O3.Zn/c2*1-12(11-16(20)19-13-7-3-2-4-8-13)18-15-10-6-5-9-14(15)17(21)22;/h2*2-10H,11H2,1H3,(H,19,20)(H,21,22);/q;;+2/p-2. The van der Waals surface area contributed by atoms with E-state index in [9.17, 15) is 29.4 Å². The molecule has 45 heavy (non-hydrogen) atoms. The van der Waals surface area contributed by atoms with Crippen LogP contribution in [0.25, 0.3) is 0 Å². The van der Waals surface area contributed by atoms with Crippen molar-refractivity contribution in [1.82, 2.24) is 0 Å². The van der Waals surface area contributed by atoms with Crippen LogP contribution in [-0.4, -0.2) is 35.2 Å². The van der Waals surface area contributed by atoms with Crippen LogP contribution in [0.3, 0.4) is 0 Å². The molecule has 0 unspecified atom stereocenters. The smallest absolute Gasteiger partial charge is 0.545 e. The van der Waals surface area contributed by atoms with Crippen LogP contribution in [0.2, 0.25) is 0 Å². The van der Waals surface area contributed by atoms with Crippen LogP contribution in [0.15, 0.2) is 119 Å². The minimum atomic E-state index is -1.29. The van der Waals surface area contributed by atoms with Crippen molar-refractivity contribution >= 4 is 57.9 Å². The molecule has 224 valence electrons. The van der Waals surface area contributed by atoms with Gasteiger partial charge in [0.25, 0.3) is 0 Å². The quantitative estimate of drug-likeness (QED) is 0.191. The van der Waals surface area contributed by atoms with Gasteiger partial charge in [0, 0.05) is 33.9 Å². The summed E-state index contributed by atoms with van der Waals surface area (Å²) in [6.07, 6.45) is 0.159. The number of benzene rings is 4. The minimum absolute atomic E-state index is 0. The molecule has 4 aromatic carbocycles. The van der Waals surface area contributed by atoms with E-state index in [1.165, 1.54) is 12.1 Å². The van der Waals surface area contributed by atoms with Crippen molar-refractivity contribution in [3.8, 4) is 0 Å². The number of carboxylic acid groups (broad SMARTS) is 2. The molecular formula is C34H30N4O6Zn. The molecule has 0 radical (unpaired) electrons. The molecule has 0 aliphatic rings. The summed E-state index contributed by atoms with van der Waals surface area (Å²) < 4.78 is 0. The van der Waals surface area contributed by atoms with E-state index in [0.717, 1.165) is 0 Å². The number of anilines is 2. The van der Waals surface area contributed by atoms with Crippen LogP contribution in [-0.2, 0) is 29.1 Å². The second-order valence-corrected chi connectivity index (χ2v) is 9.49. The second-order valence-electron chi connectivity index (χ2n) is 9.49. The molecule has 2 amide bonds. The number of para-hydroxylation sites is 4. The number of hydrogen-bond acceptors (Lipinski definition) is 8. The molecule has 0 bridgehead atoms. The van der Waals surface area contributed by atoms with Crippen LogP contribution < -0.4 is 20.8 Å². The van der Waals surface area contributed by atoms with Crippen molar-refractivity contribution in [1.29, 1.82) is 0 Å². The molecule has 2 N–H and O–H groups in total. The van der Waals surface area contributed by atoms with Gasteiger partial charge in [0.2, 0.25) is 11.8 Å². The predicted molar refractivity (Wildman–Crippen MR) is 166 cm³/mol. The number of amides is 2. The number of carbonyl (C=O) groups is 4. The molecule has 0 saturated carbocycles. The number of hydrogen-bond donors (Lipinski definition) is 2. The first kappa shape index (κ1) is 35.9. The fourth-order valence-electron chi connectivity index (χ4n) is 3.90. The van der Waals surface area contributed by atoms with Gasteiger partial charge in [-0.2, -0.15) is 0 Å². The third-order valence-corrected chi connectivity index (χ3v) is 5.82. The number of rotatable bonds is 10. The fourth-order valence-corrected chi connectivity index (χ4v) is 3.90. The van der Waals surface area contributed by atoms with E-state index in [4.69, 9.17) is 0 Å². The molecule has 4 aromatic rings. The molecule has 0 heterocycles. The molecule has 11 heteroatoms. The van der Waals surface area contributed by atoms with Gasteiger partial charge in [0.1, 0.15) is 0 Å². The molecule has 4 rings (SSSR count). The Kier molecular flexibility index (Phi) is 14.7. The normalized spacial score (nSPS) is 10.8. The van der Waals surface area contributed by atoms with Crippen LogP contribution in [0, 0.1) is 0 Å². The molecule has 10 nitrogen and oxygen atoms in total. The van der Waals surface area contributed by atoms with Crippen LogP contribution in [0.4, 0.5) is 22.7 Å². The first-order valence-electron chi connectivity index (χ1n) is 13.5. The zero-order valence-electron chi connectivity index (χ0n) is 24.9. The fraction of sp³-hybridized carbons (Fsp3) is 0.118. The molecular weight excluding hydrogens is 626 g/mol. The maximum atomic E-state index is 11.9. The van der Waals surface area contributed by atoms with Crippen molar-refractivity contribution in [2.75, 3.05) is 10.6 Å². The van der Waals surface area contributed by atoms with Gasteiger partial charge >= 0.3 is 19.5 Å². The second kappa shape index (κ2) is 18.4. The maximum Gasteiger partial charge on any atom is 2.00 e. The van der Waals surface area contributed by atoms with Crippen LogP contribution in [0.5, 0.6) is 0 Å². The van der Waals surface area contributed by atoms with Crippen molar-refractivity contribution < 1.29 is 48.9 Å². The first-order valence-corrected chi connectivity index (χ1v) is 13.5. The minimum Gasteiger partial charge on any atom is -0.545 e. The van der Waals surface area contributed by atoms with Crippen LogP contribution >= 0.6 is 0 Å². The SMILES string of the molecule is CC(CC(=O)Nc1ccccc1)=Nc1ccccc1C(=O)[O-].CC(CC(=O)Nc1ccccc1)=Nc1ccccc1C(=O)[O-].[Zn+2]. The Hall–Kier alpha value is -5.28. The molecule has 0 spiro atoms. The van der Waals surface area contributed by atoms with E-state index >= 15 is 0 Å². The van der Waals surface area contributed by atoms with Crippen molar-refractivity contribution in [2.24, 2.45) is 9.98 Å². The van der Waals surface area contributed by atoms with Crippen molar-refractivity contribution in [3.63, 3.8) is 0 Å². The van der Waals surface area contributed by atoms with Gasteiger partial charge in [0.05, 0.1) is 36.2 Å². The molecule has 0 saturated heterocycles. The number of nitrogens with zero attached hydrogens (tertiary/aromatic N) is 2. The average Bonchev–Trinajstić information content (AvgIpc) is 2.98. The molecule has 0 atom stereocenters. The number of nitrogens with one attached hydrogen (secondary N) is 2.